The molecule has 5 heteroatoms. The van der Waals surface area contributed by atoms with Crippen LogP contribution >= 0.6 is 0 Å². The van der Waals surface area contributed by atoms with E-state index in [2.05, 4.69) is 24.0 Å². The van der Waals surface area contributed by atoms with Crippen LogP contribution in [0.5, 0.6) is 0 Å². The number of fused-ring (bicyclic) bond motifs is 1. The number of aromatic amines is 1. The van der Waals surface area contributed by atoms with Crippen LogP contribution in [-0.4, -0.2) is 46.2 Å². The van der Waals surface area contributed by atoms with Crippen molar-refractivity contribution in [3.05, 3.63) is 107 Å². The number of aromatic nitrogens is 1. The number of carbonyl (C=O) groups excluding carboxylic acids is 2. The van der Waals surface area contributed by atoms with Crippen molar-refractivity contribution in [3.63, 3.8) is 0 Å². The summed E-state index contributed by atoms with van der Waals surface area (Å²) in [6.45, 7) is 5.93. The Morgan fingerprint density at radius 3 is 2.21 bits per heavy atom. The number of nitrogens with one attached hydrogen (secondary N) is 1. The molecule has 0 aliphatic rings. The Morgan fingerprint density at radius 1 is 0.737 bits per heavy atom. The lowest BCUT2D eigenvalue weighted by molar-refractivity contribution is -0.132. The van der Waals surface area contributed by atoms with E-state index >= 15 is 0 Å². The van der Waals surface area contributed by atoms with Crippen molar-refractivity contribution in [2.45, 2.75) is 52.5 Å². The second-order valence-electron chi connectivity index (χ2n) is 9.94. The first-order valence-corrected chi connectivity index (χ1v) is 13.8. The topological polar surface area (TPSA) is 56.4 Å². The van der Waals surface area contributed by atoms with Crippen LogP contribution in [0.4, 0.5) is 0 Å². The Labute approximate surface area is 226 Å². The lowest BCUT2D eigenvalue weighted by Crippen LogP contribution is -2.43. The minimum absolute atomic E-state index is 0.0324. The quantitative estimate of drug-likeness (QED) is 0.220. The molecule has 0 spiro atoms. The summed E-state index contributed by atoms with van der Waals surface area (Å²) in [4.78, 5) is 34.0. The Bertz CT molecular complexity index is 1310. The molecule has 1 heterocycles. The van der Waals surface area contributed by atoms with Gasteiger partial charge in [0.15, 0.2) is 0 Å². The molecular formula is C33H39N3O2. The van der Waals surface area contributed by atoms with Crippen LogP contribution in [0.3, 0.4) is 0 Å². The second kappa shape index (κ2) is 13.6. The van der Waals surface area contributed by atoms with Crippen molar-refractivity contribution >= 4 is 22.7 Å². The van der Waals surface area contributed by atoms with Gasteiger partial charge in [0.1, 0.15) is 6.54 Å². The fraction of sp³-hybridized carbons (Fsp3) is 0.333. The molecule has 198 valence electrons. The van der Waals surface area contributed by atoms with E-state index in [1.165, 1.54) is 16.5 Å². The molecule has 0 unspecified atom stereocenters. The highest BCUT2D eigenvalue weighted by atomic mass is 16.2. The molecule has 0 fully saturated rings. The average Bonchev–Trinajstić information content (AvgIpc) is 3.37. The van der Waals surface area contributed by atoms with Gasteiger partial charge in [-0.15, -0.1) is 0 Å². The molecule has 0 atom stereocenters. The molecule has 0 bridgehead atoms. The number of H-pyrrole nitrogens is 1. The molecule has 0 saturated carbocycles. The van der Waals surface area contributed by atoms with E-state index in [9.17, 15) is 9.59 Å². The predicted octanol–water partition coefficient (Wildman–Crippen LogP) is 6.63. The van der Waals surface area contributed by atoms with E-state index in [1.54, 1.807) is 4.90 Å². The molecule has 3 aromatic carbocycles. The molecule has 0 saturated heterocycles. The summed E-state index contributed by atoms with van der Waals surface area (Å²) in [6.07, 6.45) is 6.87. The lowest BCUT2D eigenvalue weighted by Gasteiger charge is -2.28. The van der Waals surface area contributed by atoms with Crippen LogP contribution in [-0.2, 0) is 24.2 Å². The summed E-state index contributed by atoms with van der Waals surface area (Å²) in [6, 6.07) is 26.2. The van der Waals surface area contributed by atoms with Gasteiger partial charge < -0.3 is 14.8 Å². The van der Waals surface area contributed by atoms with Gasteiger partial charge in [0.25, 0.3) is 5.91 Å². The number of para-hydroxylation sites is 1. The number of aryl methyl sites for hydroxylation is 1. The van der Waals surface area contributed by atoms with Crippen LogP contribution in [0.15, 0.2) is 85.1 Å². The Kier molecular flexibility index (Phi) is 9.74. The zero-order valence-corrected chi connectivity index (χ0v) is 22.7. The maximum absolute atomic E-state index is 13.7. The van der Waals surface area contributed by atoms with Gasteiger partial charge in [0.2, 0.25) is 5.91 Å². The number of hydrogen-bond donors (Lipinski definition) is 1. The lowest BCUT2D eigenvalue weighted by atomic mass is 10.1. The summed E-state index contributed by atoms with van der Waals surface area (Å²) in [7, 11) is 0. The highest BCUT2D eigenvalue weighted by Gasteiger charge is 2.22. The summed E-state index contributed by atoms with van der Waals surface area (Å²) in [5.41, 5.74) is 5.25. The first kappa shape index (κ1) is 27.2. The molecule has 5 nitrogen and oxygen atoms in total. The zero-order valence-electron chi connectivity index (χ0n) is 22.7. The number of unbranched alkanes of at least 4 members (excludes halogenated alkanes) is 1. The molecule has 2 amide bonds. The van der Waals surface area contributed by atoms with E-state index in [4.69, 9.17) is 0 Å². The number of carbonyl (C=O) groups is 2. The van der Waals surface area contributed by atoms with E-state index in [0.717, 1.165) is 43.2 Å². The largest absolute Gasteiger partial charge is 0.361 e. The van der Waals surface area contributed by atoms with Gasteiger partial charge in [-0.05, 0) is 60.6 Å². The highest BCUT2D eigenvalue weighted by Crippen LogP contribution is 2.19. The summed E-state index contributed by atoms with van der Waals surface area (Å²) < 4.78 is 0. The van der Waals surface area contributed by atoms with Crippen molar-refractivity contribution in [1.82, 2.24) is 14.8 Å². The van der Waals surface area contributed by atoms with Crippen LogP contribution in [0.25, 0.3) is 10.9 Å². The molecule has 0 aliphatic carbocycles. The average molecular weight is 510 g/mol. The summed E-state index contributed by atoms with van der Waals surface area (Å²) in [5.74, 6) is -0.117. The van der Waals surface area contributed by atoms with Crippen molar-refractivity contribution in [2.75, 3.05) is 19.6 Å². The minimum atomic E-state index is -0.0847. The number of nitrogens with zero attached hydrogens (tertiary/aromatic N) is 2. The van der Waals surface area contributed by atoms with Crippen molar-refractivity contribution in [2.24, 2.45) is 0 Å². The van der Waals surface area contributed by atoms with Crippen LogP contribution in [0.1, 0.15) is 60.2 Å². The third kappa shape index (κ3) is 7.12. The van der Waals surface area contributed by atoms with Crippen LogP contribution in [0.2, 0.25) is 0 Å². The van der Waals surface area contributed by atoms with Crippen molar-refractivity contribution in [1.29, 1.82) is 0 Å². The Morgan fingerprint density at radius 2 is 1.47 bits per heavy atom. The number of amides is 2. The van der Waals surface area contributed by atoms with Gasteiger partial charge in [-0.3, -0.25) is 9.59 Å². The summed E-state index contributed by atoms with van der Waals surface area (Å²) >= 11 is 0. The number of rotatable bonds is 13. The SMILES string of the molecule is CCCCc1ccc(C(=O)N(CCC)CC(=O)N(CCc2c[nH]c3ccccc23)Cc2ccccc2)cc1. The first-order valence-electron chi connectivity index (χ1n) is 13.8. The van der Waals surface area contributed by atoms with Gasteiger partial charge in [-0.25, -0.2) is 0 Å². The molecule has 4 rings (SSSR count). The maximum atomic E-state index is 13.7. The number of hydrogen-bond acceptors (Lipinski definition) is 2. The van der Waals surface area contributed by atoms with Crippen LogP contribution in [0, 0.1) is 0 Å². The monoisotopic (exact) mass is 509 g/mol. The standard InChI is InChI=1S/C33H39N3O2/c1-3-5-11-26-16-18-28(19-17-26)33(38)36(21-4-2)25-32(37)35(24-27-12-7-6-8-13-27)22-20-29-23-34-31-15-10-9-14-30(29)31/h6-10,12-19,23,34H,3-5,11,20-22,24-25H2,1-2H3. The van der Waals surface area contributed by atoms with Gasteiger partial charge in [-0.1, -0.05) is 80.9 Å². The Balaban J connectivity index is 1.48. The second-order valence-corrected chi connectivity index (χ2v) is 9.94. The van der Waals surface area contributed by atoms with Gasteiger partial charge in [0.05, 0.1) is 0 Å². The molecular weight excluding hydrogens is 470 g/mol. The van der Waals surface area contributed by atoms with Crippen LogP contribution < -0.4 is 0 Å². The van der Waals surface area contributed by atoms with Crippen molar-refractivity contribution < 1.29 is 9.59 Å². The molecule has 0 aliphatic heterocycles. The fourth-order valence-corrected chi connectivity index (χ4v) is 4.85. The van der Waals surface area contributed by atoms with E-state index in [-0.39, 0.29) is 18.4 Å². The molecule has 38 heavy (non-hydrogen) atoms. The normalized spacial score (nSPS) is 11.0. The van der Waals surface area contributed by atoms with E-state index in [0.29, 0.717) is 25.2 Å². The van der Waals surface area contributed by atoms with Crippen molar-refractivity contribution in [3.8, 4) is 0 Å². The zero-order chi connectivity index (χ0) is 26.7. The van der Waals surface area contributed by atoms with Gasteiger partial charge >= 0.3 is 0 Å². The third-order valence-corrected chi connectivity index (χ3v) is 7.02. The highest BCUT2D eigenvalue weighted by molar-refractivity contribution is 5.96. The molecule has 1 aromatic heterocycles. The third-order valence-electron chi connectivity index (χ3n) is 7.02. The summed E-state index contributed by atoms with van der Waals surface area (Å²) in [5, 5.41) is 1.18. The molecule has 4 aromatic rings. The van der Waals surface area contributed by atoms with Gasteiger partial charge in [0, 0.05) is 42.3 Å². The minimum Gasteiger partial charge on any atom is -0.361 e. The Hall–Kier alpha value is -3.86. The number of benzene rings is 3. The molecule has 0 radical (unpaired) electrons. The molecule has 1 N–H and O–H groups in total. The van der Waals surface area contributed by atoms with E-state index in [1.807, 2.05) is 84.8 Å². The predicted molar refractivity (Wildman–Crippen MR) is 155 cm³/mol. The van der Waals surface area contributed by atoms with Gasteiger partial charge in [-0.2, -0.15) is 0 Å². The van der Waals surface area contributed by atoms with E-state index < -0.39 is 0 Å². The fourth-order valence-electron chi connectivity index (χ4n) is 4.85. The first-order chi connectivity index (χ1) is 18.6. The maximum Gasteiger partial charge on any atom is 0.254 e. The smallest absolute Gasteiger partial charge is 0.254 e.